The van der Waals surface area contributed by atoms with E-state index in [-0.39, 0.29) is 17.5 Å². The number of ether oxygens (including phenoxy) is 2. The van der Waals surface area contributed by atoms with Crippen LogP contribution in [0.3, 0.4) is 0 Å². The fraction of sp³-hybridized carbons (Fsp3) is 0.526. The Kier molecular flexibility index (Phi) is 9.42. The molecule has 0 spiro atoms. The fourth-order valence-electron chi connectivity index (χ4n) is 2.33. The van der Waals surface area contributed by atoms with Gasteiger partial charge in [-0.05, 0) is 24.6 Å². The van der Waals surface area contributed by atoms with Crippen LogP contribution in [0, 0.1) is 0 Å². The zero-order chi connectivity index (χ0) is 17.8. The monoisotopic (exact) mass is 334 g/mol. The molecule has 0 atom stereocenters. The largest absolute Gasteiger partial charge is 0.465 e. The average Bonchev–Trinajstić information content (AvgIpc) is 2.60. The second-order valence-electron chi connectivity index (χ2n) is 5.71. The minimum Gasteiger partial charge on any atom is -0.465 e. The topological polar surface area (TPSA) is 69.7 Å². The summed E-state index contributed by atoms with van der Waals surface area (Å²) in [7, 11) is 1.26. The Bertz CT molecular complexity index is 550. The van der Waals surface area contributed by atoms with Crippen molar-refractivity contribution >= 4 is 17.9 Å². The summed E-state index contributed by atoms with van der Waals surface area (Å²) in [5.74, 6) is -1.82. The van der Waals surface area contributed by atoms with Gasteiger partial charge >= 0.3 is 17.9 Å². The van der Waals surface area contributed by atoms with E-state index in [1.807, 2.05) is 0 Å². The van der Waals surface area contributed by atoms with E-state index >= 15 is 0 Å². The Morgan fingerprint density at radius 1 is 0.875 bits per heavy atom. The summed E-state index contributed by atoms with van der Waals surface area (Å²) >= 11 is 0. The normalized spacial score (nSPS) is 10.2. The van der Waals surface area contributed by atoms with Crippen molar-refractivity contribution in [1.29, 1.82) is 0 Å². The van der Waals surface area contributed by atoms with E-state index in [0.29, 0.717) is 0 Å². The molecule has 0 fully saturated rings. The molecular formula is C19H26O5. The Balaban J connectivity index is 2.34. The van der Waals surface area contributed by atoms with Crippen molar-refractivity contribution < 1.29 is 23.9 Å². The van der Waals surface area contributed by atoms with Crippen LogP contribution in [0.5, 0.6) is 0 Å². The van der Waals surface area contributed by atoms with E-state index in [1.165, 1.54) is 51.0 Å². The van der Waals surface area contributed by atoms with E-state index in [1.54, 1.807) is 6.07 Å². The molecule has 0 aliphatic heterocycles. The second kappa shape index (κ2) is 11.4. The molecule has 0 aliphatic carbocycles. The maximum Gasteiger partial charge on any atom is 0.345 e. The van der Waals surface area contributed by atoms with Crippen molar-refractivity contribution in [2.24, 2.45) is 0 Å². The molecule has 0 amide bonds. The molecule has 1 rings (SSSR count). The van der Waals surface area contributed by atoms with Crippen molar-refractivity contribution in [1.82, 2.24) is 0 Å². The highest BCUT2D eigenvalue weighted by Gasteiger charge is 2.15. The van der Waals surface area contributed by atoms with Gasteiger partial charge in [-0.25, -0.2) is 9.59 Å². The number of benzene rings is 1. The van der Waals surface area contributed by atoms with Gasteiger partial charge in [0.15, 0.2) is 0 Å². The molecule has 0 aromatic heterocycles. The maximum absolute atomic E-state index is 11.9. The number of carbonyl (C=O) groups excluding carboxylic acids is 3. The number of methoxy groups -OCH3 is 1. The molecule has 5 nitrogen and oxygen atoms in total. The van der Waals surface area contributed by atoms with Gasteiger partial charge in [0, 0.05) is 6.42 Å². The van der Waals surface area contributed by atoms with E-state index in [0.717, 1.165) is 19.3 Å². The SMILES string of the molecule is CCCCCCCCCC(=O)OC(=O)c1cccc(C(=O)OC)c1. The van der Waals surface area contributed by atoms with Crippen LogP contribution in [0.25, 0.3) is 0 Å². The van der Waals surface area contributed by atoms with Gasteiger partial charge in [0.05, 0.1) is 18.2 Å². The minimum absolute atomic E-state index is 0.158. The van der Waals surface area contributed by atoms with Gasteiger partial charge in [0.25, 0.3) is 0 Å². The Morgan fingerprint density at radius 3 is 2.08 bits per heavy atom. The minimum atomic E-state index is -0.742. The smallest absolute Gasteiger partial charge is 0.345 e. The molecule has 24 heavy (non-hydrogen) atoms. The van der Waals surface area contributed by atoms with Gasteiger partial charge in [-0.1, -0.05) is 51.5 Å². The van der Waals surface area contributed by atoms with Crippen molar-refractivity contribution in [3.8, 4) is 0 Å². The quantitative estimate of drug-likeness (QED) is 0.362. The molecule has 0 bridgehead atoms. The first-order valence-electron chi connectivity index (χ1n) is 8.52. The Labute approximate surface area is 143 Å². The number of rotatable bonds is 10. The second-order valence-corrected chi connectivity index (χ2v) is 5.71. The van der Waals surface area contributed by atoms with E-state index < -0.39 is 17.9 Å². The van der Waals surface area contributed by atoms with Crippen LogP contribution in [-0.2, 0) is 14.3 Å². The lowest BCUT2D eigenvalue weighted by Crippen LogP contribution is -2.13. The molecule has 5 heteroatoms. The molecule has 0 heterocycles. The lowest BCUT2D eigenvalue weighted by Gasteiger charge is -2.05. The Hall–Kier alpha value is -2.17. The van der Waals surface area contributed by atoms with Gasteiger partial charge in [-0.2, -0.15) is 0 Å². The third-order valence-corrected chi connectivity index (χ3v) is 3.71. The molecule has 0 radical (unpaired) electrons. The summed E-state index contributed by atoms with van der Waals surface area (Å²) in [4.78, 5) is 35.1. The van der Waals surface area contributed by atoms with Crippen molar-refractivity contribution in [3.63, 3.8) is 0 Å². The highest BCUT2D eigenvalue weighted by molar-refractivity contribution is 5.99. The summed E-state index contributed by atoms with van der Waals surface area (Å²) in [5.41, 5.74) is 0.400. The highest BCUT2D eigenvalue weighted by Crippen LogP contribution is 2.11. The van der Waals surface area contributed by atoms with Gasteiger partial charge in [0.2, 0.25) is 0 Å². The van der Waals surface area contributed by atoms with Crippen LogP contribution >= 0.6 is 0 Å². The summed E-state index contributed by atoms with van der Waals surface area (Å²) in [6.07, 6.45) is 7.90. The number of unbranched alkanes of at least 4 members (excludes halogenated alkanes) is 6. The zero-order valence-corrected chi connectivity index (χ0v) is 14.5. The van der Waals surface area contributed by atoms with Crippen LogP contribution in [0.2, 0.25) is 0 Å². The van der Waals surface area contributed by atoms with Gasteiger partial charge in [0.1, 0.15) is 0 Å². The number of hydrogen-bond donors (Lipinski definition) is 0. The standard InChI is InChI=1S/C19H26O5/c1-3-4-5-6-7-8-9-13-17(20)24-19(22)16-12-10-11-15(14-16)18(21)23-2/h10-12,14H,3-9,13H2,1-2H3. The van der Waals surface area contributed by atoms with Gasteiger partial charge < -0.3 is 9.47 Å². The average molecular weight is 334 g/mol. The summed E-state index contributed by atoms with van der Waals surface area (Å²) in [5, 5.41) is 0. The van der Waals surface area contributed by atoms with E-state index in [9.17, 15) is 14.4 Å². The third kappa shape index (κ3) is 7.40. The van der Waals surface area contributed by atoms with Crippen molar-refractivity contribution in [2.75, 3.05) is 7.11 Å². The predicted molar refractivity (Wildman–Crippen MR) is 90.8 cm³/mol. The first-order valence-corrected chi connectivity index (χ1v) is 8.52. The van der Waals surface area contributed by atoms with Crippen molar-refractivity contribution in [3.05, 3.63) is 35.4 Å². The summed E-state index contributed by atoms with van der Waals surface area (Å²) in [6.45, 7) is 2.17. The first kappa shape index (κ1) is 19.9. The lowest BCUT2D eigenvalue weighted by atomic mass is 10.1. The zero-order valence-electron chi connectivity index (χ0n) is 14.5. The van der Waals surface area contributed by atoms with Crippen LogP contribution in [0.15, 0.2) is 24.3 Å². The fourth-order valence-corrected chi connectivity index (χ4v) is 2.33. The van der Waals surface area contributed by atoms with E-state index in [2.05, 4.69) is 11.7 Å². The first-order chi connectivity index (χ1) is 11.6. The van der Waals surface area contributed by atoms with Crippen LogP contribution in [0.4, 0.5) is 0 Å². The molecule has 0 unspecified atom stereocenters. The van der Waals surface area contributed by atoms with Crippen LogP contribution < -0.4 is 0 Å². The Morgan fingerprint density at radius 2 is 1.46 bits per heavy atom. The van der Waals surface area contributed by atoms with Crippen molar-refractivity contribution in [2.45, 2.75) is 58.3 Å². The molecule has 1 aromatic carbocycles. The molecular weight excluding hydrogens is 308 g/mol. The van der Waals surface area contributed by atoms with E-state index in [4.69, 9.17) is 4.74 Å². The number of hydrogen-bond acceptors (Lipinski definition) is 5. The lowest BCUT2D eigenvalue weighted by molar-refractivity contribution is -0.138. The molecule has 1 aromatic rings. The number of carbonyl (C=O) groups is 3. The van der Waals surface area contributed by atoms with Crippen LogP contribution in [-0.4, -0.2) is 25.0 Å². The summed E-state index contributed by atoms with van der Waals surface area (Å²) < 4.78 is 9.41. The van der Waals surface area contributed by atoms with Gasteiger partial charge in [-0.15, -0.1) is 0 Å². The maximum atomic E-state index is 11.9. The summed E-state index contributed by atoms with van der Waals surface area (Å²) in [6, 6.07) is 5.93. The molecule has 0 aliphatic rings. The van der Waals surface area contributed by atoms with Crippen LogP contribution in [0.1, 0.15) is 79.0 Å². The predicted octanol–water partition coefficient (Wildman–Crippen LogP) is 4.30. The molecule has 132 valence electrons. The molecule has 0 N–H and O–H groups in total. The highest BCUT2D eigenvalue weighted by atomic mass is 16.6. The molecule has 0 saturated heterocycles. The molecule has 0 saturated carbocycles. The third-order valence-electron chi connectivity index (χ3n) is 3.71. The number of esters is 3. The van der Waals surface area contributed by atoms with Gasteiger partial charge in [-0.3, -0.25) is 4.79 Å².